The summed E-state index contributed by atoms with van der Waals surface area (Å²) >= 11 is 1.91. The third kappa shape index (κ3) is 10.0. The molecule has 2 N–H and O–H groups in total. The van der Waals surface area contributed by atoms with Crippen LogP contribution in [0.2, 0.25) is 0 Å². The van der Waals surface area contributed by atoms with Gasteiger partial charge in [-0.2, -0.15) is 11.8 Å². The van der Waals surface area contributed by atoms with Crippen molar-refractivity contribution in [3.63, 3.8) is 0 Å². The second kappa shape index (κ2) is 13.4. The van der Waals surface area contributed by atoms with Gasteiger partial charge in [0.2, 0.25) is 5.91 Å². The van der Waals surface area contributed by atoms with E-state index in [0.29, 0.717) is 5.96 Å². The van der Waals surface area contributed by atoms with Gasteiger partial charge in [-0.05, 0) is 37.7 Å². The third-order valence-corrected chi connectivity index (χ3v) is 4.66. The molecular formula is C17H34N4O2S. The van der Waals surface area contributed by atoms with Crippen molar-refractivity contribution in [2.75, 3.05) is 52.3 Å². The van der Waals surface area contributed by atoms with Crippen LogP contribution in [0.4, 0.5) is 0 Å². The Morgan fingerprint density at radius 2 is 2.04 bits per heavy atom. The number of thioether (sulfide) groups is 1. The van der Waals surface area contributed by atoms with Crippen LogP contribution in [0.15, 0.2) is 4.99 Å². The lowest BCUT2D eigenvalue weighted by atomic mass is 10.2. The number of hydrogen-bond donors (Lipinski definition) is 2. The molecule has 1 heterocycles. The van der Waals surface area contributed by atoms with E-state index in [0.717, 1.165) is 39.0 Å². The molecule has 1 rings (SSSR count). The first-order valence-electron chi connectivity index (χ1n) is 8.96. The highest BCUT2D eigenvalue weighted by Gasteiger charge is 2.15. The maximum Gasteiger partial charge on any atom is 0.243 e. The minimum atomic E-state index is 0.00489. The fourth-order valence-electron chi connectivity index (χ4n) is 2.41. The van der Waals surface area contributed by atoms with Crippen molar-refractivity contribution < 1.29 is 9.53 Å². The quantitative estimate of drug-likeness (QED) is 0.334. The van der Waals surface area contributed by atoms with E-state index in [9.17, 15) is 4.79 Å². The van der Waals surface area contributed by atoms with Crippen LogP contribution in [-0.4, -0.2) is 75.2 Å². The molecule has 1 aliphatic heterocycles. The molecule has 0 saturated carbocycles. The summed E-state index contributed by atoms with van der Waals surface area (Å²) in [7, 11) is 3.50. The van der Waals surface area contributed by atoms with Crippen molar-refractivity contribution >= 4 is 23.6 Å². The maximum absolute atomic E-state index is 11.7. The second-order valence-electron chi connectivity index (χ2n) is 6.30. The Labute approximate surface area is 151 Å². The zero-order valence-corrected chi connectivity index (χ0v) is 16.3. The van der Waals surface area contributed by atoms with Crippen LogP contribution in [-0.2, 0) is 9.53 Å². The third-order valence-electron chi connectivity index (χ3n) is 3.96. The number of amides is 1. The van der Waals surface area contributed by atoms with Gasteiger partial charge < -0.3 is 20.3 Å². The predicted octanol–water partition coefficient (Wildman–Crippen LogP) is 1.71. The molecule has 1 amide bonds. The summed E-state index contributed by atoms with van der Waals surface area (Å²) in [5.74, 6) is 1.96. The molecule has 1 unspecified atom stereocenters. The average Bonchev–Trinajstić information content (AvgIpc) is 3.08. The van der Waals surface area contributed by atoms with Crippen LogP contribution in [0.3, 0.4) is 0 Å². The van der Waals surface area contributed by atoms with Gasteiger partial charge in [0.15, 0.2) is 5.96 Å². The Bertz CT molecular complexity index is 372. The van der Waals surface area contributed by atoms with E-state index in [-0.39, 0.29) is 18.6 Å². The molecule has 0 bridgehead atoms. The van der Waals surface area contributed by atoms with E-state index in [1.54, 1.807) is 19.0 Å². The number of hydrogen-bond acceptors (Lipinski definition) is 4. The summed E-state index contributed by atoms with van der Waals surface area (Å²) in [5.41, 5.74) is 0. The summed E-state index contributed by atoms with van der Waals surface area (Å²) in [6, 6.07) is 0. The topological polar surface area (TPSA) is 66.0 Å². The fourth-order valence-corrected chi connectivity index (χ4v) is 2.90. The number of nitrogens with zero attached hydrogens (tertiary/aromatic N) is 2. The highest BCUT2D eigenvalue weighted by Crippen LogP contribution is 2.10. The standard InChI is InChI=1S/C17H34N4O2S/c1-21(2)16(22)14-20-17(19-13-15-9-8-11-23-15)18-10-6-4-5-7-12-24-3/h15H,4-14H2,1-3H3,(H2,18,19,20). The normalized spacial score (nSPS) is 17.8. The van der Waals surface area contributed by atoms with Gasteiger partial charge in [-0.3, -0.25) is 4.79 Å². The monoisotopic (exact) mass is 358 g/mol. The lowest BCUT2D eigenvalue weighted by Gasteiger charge is -2.16. The zero-order chi connectivity index (χ0) is 17.6. The van der Waals surface area contributed by atoms with Crippen molar-refractivity contribution in [3.8, 4) is 0 Å². The number of rotatable bonds is 11. The summed E-state index contributed by atoms with van der Waals surface area (Å²) in [4.78, 5) is 17.7. The molecule has 1 atom stereocenters. The van der Waals surface area contributed by atoms with Gasteiger partial charge in [0.1, 0.15) is 6.54 Å². The SMILES string of the molecule is CSCCCCCCNC(=NCC(=O)N(C)C)NCC1CCCO1. The molecule has 0 aromatic carbocycles. The Kier molecular flexibility index (Phi) is 11.7. The van der Waals surface area contributed by atoms with Gasteiger partial charge in [0, 0.05) is 33.8 Å². The molecular weight excluding hydrogens is 324 g/mol. The Morgan fingerprint density at radius 3 is 2.71 bits per heavy atom. The van der Waals surface area contributed by atoms with Crippen LogP contribution in [0.25, 0.3) is 0 Å². The first kappa shape index (κ1) is 21.1. The van der Waals surface area contributed by atoms with Crippen LogP contribution in [0.1, 0.15) is 38.5 Å². The van der Waals surface area contributed by atoms with E-state index in [1.165, 1.54) is 25.0 Å². The second-order valence-corrected chi connectivity index (χ2v) is 7.29. The van der Waals surface area contributed by atoms with Gasteiger partial charge >= 0.3 is 0 Å². The molecule has 0 aromatic heterocycles. The van der Waals surface area contributed by atoms with Crippen LogP contribution < -0.4 is 10.6 Å². The van der Waals surface area contributed by atoms with E-state index in [4.69, 9.17) is 4.74 Å². The number of guanidine groups is 1. The van der Waals surface area contributed by atoms with Crippen LogP contribution in [0, 0.1) is 0 Å². The lowest BCUT2D eigenvalue weighted by molar-refractivity contribution is -0.127. The molecule has 1 fully saturated rings. The van der Waals surface area contributed by atoms with Crippen molar-refractivity contribution in [2.45, 2.75) is 44.6 Å². The van der Waals surface area contributed by atoms with E-state index in [1.807, 2.05) is 11.8 Å². The first-order chi connectivity index (χ1) is 11.6. The largest absolute Gasteiger partial charge is 0.376 e. The van der Waals surface area contributed by atoms with Crippen molar-refractivity contribution in [1.29, 1.82) is 0 Å². The van der Waals surface area contributed by atoms with E-state index < -0.39 is 0 Å². The van der Waals surface area contributed by atoms with Gasteiger partial charge in [-0.15, -0.1) is 0 Å². The lowest BCUT2D eigenvalue weighted by Crippen LogP contribution is -2.42. The minimum absolute atomic E-state index is 0.00489. The first-order valence-corrected chi connectivity index (χ1v) is 10.4. The Hall–Kier alpha value is -0.950. The summed E-state index contributed by atoms with van der Waals surface area (Å²) < 4.78 is 5.63. The minimum Gasteiger partial charge on any atom is -0.376 e. The molecule has 0 spiro atoms. The van der Waals surface area contributed by atoms with Gasteiger partial charge in [-0.1, -0.05) is 12.8 Å². The number of nitrogens with one attached hydrogen (secondary N) is 2. The predicted molar refractivity (Wildman–Crippen MR) is 103 cm³/mol. The summed E-state index contributed by atoms with van der Waals surface area (Å²) in [6.45, 7) is 2.64. The van der Waals surface area contributed by atoms with Crippen molar-refractivity contribution in [2.24, 2.45) is 4.99 Å². The van der Waals surface area contributed by atoms with Gasteiger partial charge in [0.25, 0.3) is 0 Å². The molecule has 6 nitrogen and oxygen atoms in total. The number of aliphatic imine (C=N–C) groups is 1. The molecule has 1 saturated heterocycles. The average molecular weight is 359 g/mol. The molecule has 7 heteroatoms. The van der Waals surface area contributed by atoms with E-state index >= 15 is 0 Å². The summed E-state index contributed by atoms with van der Waals surface area (Å²) in [6.07, 6.45) is 9.54. The molecule has 0 radical (unpaired) electrons. The van der Waals surface area contributed by atoms with Crippen LogP contribution >= 0.6 is 11.8 Å². The highest BCUT2D eigenvalue weighted by molar-refractivity contribution is 7.98. The van der Waals surface area contributed by atoms with Crippen molar-refractivity contribution in [1.82, 2.24) is 15.5 Å². The Morgan fingerprint density at radius 1 is 1.25 bits per heavy atom. The Balaban J connectivity index is 2.30. The fraction of sp³-hybridized carbons (Fsp3) is 0.882. The smallest absolute Gasteiger partial charge is 0.243 e. The number of ether oxygens (including phenoxy) is 1. The molecule has 24 heavy (non-hydrogen) atoms. The molecule has 140 valence electrons. The molecule has 0 aliphatic carbocycles. The molecule has 0 aromatic rings. The van der Waals surface area contributed by atoms with Crippen molar-refractivity contribution in [3.05, 3.63) is 0 Å². The maximum atomic E-state index is 11.7. The number of carbonyl (C=O) groups excluding carboxylic acids is 1. The zero-order valence-electron chi connectivity index (χ0n) is 15.5. The van der Waals surface area contributed by atoms with Gasteiger partial charge in [0.05, 0.1) is 6.10 Å². The number of likely N-dealkylation sites (N-methyl/N-ethyl adjacent to an activating group) is 1. The van der Waals surface area contributed by atoms with Gasteiger partial charge in [-0.25, -0.2) is 4.99 Å². The molecule has 1 aliphatic rings. The van der Waals surface area contributed by atoms with E-state index in [2.05, 4.69) is 21.9 Å². The highest BCUT2D eigenvalue weighted by atomic mass is 32.2. The summed E-state index contributed by atoms with van der Waals surface area (Å²) in [5, 5.41) is 6.64. The number of unbranched alkanes of at least 4 members (excludes halogenated alkanes) is 3. The number of carbonyl (C=O) groups is 1. The van der Waals surface area contributed by atoms with Crippen LogP contribution in [0.5, 0.6) is 0 Å².